The fourth-order valence-electron chi connectivity index (χ4n) is 8.44. The first kappa shape index (κ1) is 31.1. The van der Waals surface area contributed by atoms with Crippen molar-refractivity contribution in [2.45, 2.75) is 44.6 Å². The number of hydrogen-bond donors (Lipinski definition) is 0. The minimum atomic E-state index is -0.476. The summed E-state index contributed by atoms with van der Waals surface area (Å²) in [5.74, 6) is 0. The Hall–Kier alpha value is -5.93. The minimum absolute atomic E-state index is 0.111. The number of nitrogens with zero attached hydrogens (tertiary/aromatic N) is 2. The second-order valence-corrected chi connectivity index (χ2v) is 14.7. The highest BCUT2D eigenvalue weighted by Crippen LogP contribution is 2.49. The van der Waals surface area contributed by atoms with Gasteiger partial charge in [0.1, 0.15) is 5.58 Å². The summed E-state index contributed by atoms with van der Waals surface area (Å²) in [5, 5.41) is 4.63. The molecule has 6 aromatic carbocycles. The molecule has 0 spiro atoms. The van der Waals surface area contributed by atoms with Gasteiger partial charge in [0.15, 0.2) is 5.58 Å². The van der Waals surface area contributed by atoms with Gasteiger partial charge in [0.25, 0.3) is 0 Å². The quantitative estimate of drug-likeness (QED) is 0.118. The molecule has 3 heteroatoms. The van der Waals surface area contributed by atoms with Gasteiger partial charge in [0, 0.05) is 38.2 Å². The van der Waals surface area contributed by atoms with E-state index in [1.54, 1.807) is 0 Å². The SMILES string of the molecule is C=CC(C)(CCC(=NC(=C)c1ccccc1)c1ccc2c(c1)C(C)(C)c1ccccc1-2)n1c2ccccc2c2ccc3c4ccccc4oc3c21. The third kappa shape index (κ3) is 4.76. The van der Waals surface area contributed by atoms with Gasteiger partial charge in [-0.25, -0.2) is 0 Å². The lowest BCUT2D eigenvalue weighted by atomic mass is 9.81. The monoisotopic (exact) mass is 660 g/mol. The minimum Gasteiger partial charge on any atom is -0.454 e. The predicted octanol–water partition coefficient (Wildman–Crippen LogP) is 12.8. The van der Waals surface area contributed by atoms with E-state index in [9.17, 15) is 0 Å². The molecule has 1 aliphatic carbocycles. The Kier molecular flexibility index (Phi) is 7.05. The van der Waals surface area contributed by atoms with E-state index >= 15 is 0 Å². The van der Waals surface area contributed by atoms with Crippen LogP contribution in [-0.4, -0.2) is 10.3 Å². The molecule has 0 bridgehead atoms. The van der Waals surface area contributed by atoms with E-state index < -0.39 is 5.54 Å². The third-order valence-electron chi connectivity index (χ3n) is 11.3. The molecular formula is C48H40N2O. The van der Waals surface area contributed by atoms with Gasteiger partial charge in [-0.05, 0) is 77.4 Å². The molecule has 51 heavy (non-hydrogen) atoms. The summed E-state index contributed by atoms with van der Waals surface area (Å²) in [6, 6.07) is 47.4. The first-order valence-corrected chi connectivity index (χ1v) is 17.8. The lowest BCUT2D eigenvalue weighted by molar-refractivity contribution is 0.409. The van der Waals surface area contributed by atoms with Crippen LogP contribution in [0.25, 0.3) is 60.6 Å². The molecule has 0 amide bonds. The Morgan fingerprint density at radius 1 is 0.725 bits per heavy atom. The van der Waals surface area contributed by atoms with E-state index in [0.717, 1.165) is 61.9 Å². The zero-order valence-electron chi connectivity index (χ0n) is 29.4. The topological polar surface area (TPSA) is 30.4 Å². The lowest BCUT2D eigenvalue weighted by Crippen LogP contribution is -2.28. The van der Waals surface area contributed by atoms with E-state index in [-0.39, 0.29) is 5.41 Å². The molecule has 0 saturated carbocycles. The van der Waals surface area contributed by atoms with Crippen LogP contribution in [0.3, 0.4) is 0 Å². The molecule has 248 valence electrons. The fourth-order valence-corrected chi connectivity index (χ4v) is 8.44. The Balaban J connectivity index is 1.19. The van der Waals surface area contributed by atoms with Gasteiger partial charge in [-0.3, -0.25) is 4.99 Å². The number of aliphatic imine (C=N–C) groups is 1. The number of rotatable bonds is 8. The smallest absolute Gasteiger partial charge is 0.159 e. The second-order valence-electron chi connectivity index (χ2n) is 14.7. The van der Waals surface area contributed by atoms with E-state index in [4.69, 9.17) is 9.41 Å². The molecule has 0 aliphatic heterocycles. The maximum absolute atomic E-state index is 6.67. The van der Waals surface area contributed by atoms with Crippen LogP contribution in [0.5, 0.6) is 0 Å². The largest absolute Gasteiger partial charge is 0.454 e. The Labute approximate surface area is 298 Å². The van der Waals surface area contributed by atoms with Gasteiger partial charge < -0.3 is 8.98 Å². The molecule has 0 N–H and O–H groups in total. The molecule has 0 fully saturated rings. The molecule has 1 atom stereocenters. The Morgan fingerprint density at radius 2 is 1.41 bits per heavy atom. The molecule has 0 radical (unpaired) electrons. The molecule has 8 aromatic rings. The highest BCUT2D eigenvalue weighted by Gasteiger charge is 2.36. The second kappa shape index (κ2) is 11.6. The predicted molar refractivity (Wildman–Crippen MR) is 216 cm³/mol. The van der Waals surface area contributed by atoms with Crippen molar-refractivity contribution in [1.29, 1.82) is 0 Å². The Morgan fingerprint density at radius 3 is 2.24 bits per heavy atom. The molecule has 2 heterocycles. The molecule has 2 aromatic heterocycles. The van der Waals surface area contributed by atoms with Crippen molar-refractivity contribution in [1.82, 2.24) is 4.57 Å². The Bertz CT molecular complexity index is 2720. The highest BCUT2D eigenvalue weighted by atomic mass is 16.3. The van der Waals surface area contributed by atoms with Crippen LogP contribution in [0, 0.1) is 0 Å². The molecule has 1 unspecified atom stereocenters. The summed E-state index contributed by atoms with van der Waals surface area (Å²) in [5.41, 5.74) is 12.7. The van der Waals surface area contributed by atoms with E-state index in [0.29, 0.717) is 6.42 Å². The lowest BCUT2D eigenvalue weighted by Gasteiger charge is -2.31. The fraction of sp³-hybridized carbons (Fsp3) is 0.146. The van der Waals surface area contributed by atoms with Crippen molar-refractivity contribution in [3.8, 4) is 11.1 Å². The summed E-state index contributed by atoms with van der Waals surface area (Å²) >= 11 is 0. The zero-order valence-corrected chi connectivity index (χ0v) is 29.4. The van der Waals surface area contributed by atoms with E-state index in [1.165, 1.54) is 33.0 Å². The van der Waals surface area contributed by atoms with Crippen molar-refractivity contribution >= 4 is 55.2 Å². The normalized spacial score (nSPS) is 14.9. The van der Waals surface area contributed by atoms with E-state index in [2.05, 4.69) is 154 Å². The molecular weight excluding hydrogens is 621 g/mol. The zero-order chi connectivity index (χ0) is 34.9. The summed E-state index contributed by atoms with van der Waals surface area (Å²) in [6.07, 6.45) is 3.58. The van der Waals surface area contributed by atoms with Gasteiger partial charge in [-0.15, -0.1) is 6.58 Å². The van der Waals surface area contributed by atoms with Gasteiger partial charge in [0.05, 0.1) is 16.8 Å². The molecule has 3 nitrogen and oxygen atoms in total. The van der Waals surface area contributed by atoms with Crippen LogP contribution < -0.4 is 0 Å². The van der Waals surface area contributed by atoms with Crippen LogP contribution in [0.15, 0.2) is 162 Å². The molecule has 0 saturated heterocycles. The number of benzene rings is 6. The number of allylic oxidation sites excluding steroid dienone is 1. The van der Waals surface area contributed by atoms with Gasteiger partial charge >= 0.3 is 0 Å². The van der Waals surface area contributed by atoms with Gasteiger partial charge in [0.2, 0.25) is 0 Å². The van der Waals surface area contributed by atoms with Crippen LogP contribution >= 0.6 is 0 Å². The van der Waals surface area contributed by atoms with Crippen molar-refractivity contribution in [2.75, 3.05) is 0 Å². The van der Waals surface area contributed by atoms with Crippen LogP contribution in [0.1, 0.15) is 55.9 Å². The number of hydrogen-bond acceptors (Lipinski definition) is 2. The summed E-state index contributed by atoms with van der Waals surface area (Å²) < 4.78 is 9.13. The average molecular weight is 661 g/mol. The highest BCUT2D eigenvalue weighted by molar-refractivity contribution is 6.21. The average Bonchev–Trinajstić information content (AvgIpc) is 3.79. The van der Waals surface area contributed by atoms with Crippen molar-refractivity contribution in [3.63, 3.8) is 0 Å². The number of furan rings is 1. The first-order valence-electron chi connectivity index (χ1n) is 17.8. The maximum atomic E-state index is 6.67. The summed E-state index contributed by atoms with van der Waals surface area (Å²) in [4.78, 5) is 5.32. The van der Waals surface area contributed by atoms with Gasteiger partial charge in [-0.2, -0.15) is 0 Å². The van der Waals surface area contributed by atoms with Crippen molar-refractivity contribution in [3.05, 3.63) is 175 Å². The van der Waals surface area contributed by atoms with Crippen molar-refractivity contribution in [2.24, 2.45) is 4.99 Å². The van der Waals surface area contributed by atoms with Crippen LogP contribution in [0.2, 0.25) is 0 Å². The summed E-state index contributed by atoms with van der Waals surface area (Å²) in [6.45, 7) is 15.9. The maximum Gasteiger partial charge on any atom is 0.159 e. The summed E-state index contributed by atoms with van der Waals surface area (Å²) in [7, 11) is 0. The van der Waals surface area contributed by atoms with E-state index in [1.807, 2.05) is 24.3 Å². The van der Waals surface area contributed by atoms with Crippen LogP contribution in [-0.2, 0) is 11.0 Å². The first-order chi connectivity index (χ1) is 24.8. The standard InChI is InChI=1S/C48H40N2O/c1-6-48(5,50-43-22-14-11-19-36(43)38-26-27-39-37-20-12-15-23-44(37)51-46(39)45(38)50)29-28-42(49-31(2)32-16-8-7-9-17-32)33-24-25-35-34-18-10-13-21-40(34)47(3,4)41(35)30-33/h6-27,30H,1-2,28-29H2,3-5H3. The number of para-hydroxylation sites is 2. The number of fused-ring (bicyclic) bond motifs is 10. The number of aromatic nitrogens is 1. The molecule has 1 aliphatic rings. The molecule has 9 rings (SSSR count). The van der Waals surface area contributed by atoms with Crippen molar-refractivity contribution < 1.29 is 4.42 Å². The van der Waals surface area contributed by atoms with Gasteiger partial charge in [-0.1, -0.05) is 136 Å². The third-order valence-corrected chi connectivity index (χ3v) is 11.3. The van der Waals surface area contributed by atoms with Crippen LogP contribution in [0.4, 0.5) is 0 Å².